The summed E-state index contributed by atoms with van der Waals surface area (Å²) in [6.07, 6.45) is 1.46. The molecule has 0 fully saturated rings. The summed E-state index contributed by atoms with van der Waals surface area (Å²) in [5.74, 6) is 2.16. The third-order valence-electron chi connectivity index (χ3n) is 5.77. The first-order valence-electron chi connectivity index (χ1n) is 11.0. The highest BCUT2D eigenvalue weighted by Gasteiger charge is 2.21. The van der Waals surface area contributed by atoms with E-state index in [1.807, 2.05) is 12.1 Å². The molecule has 0 radical (unpaired) electrons. The minimum Gasteiger partial charge on any atom is -0.493 e. The van der Waals surface area contributed by atoms with Crippen molar-refractivity contribution in [1.29, 1.82) is 0 Å². The molecule has 0 aliphatic heterocycles. The molecule has 6 nitrogen and oxygen atoms in total. The van der Waals surface area contributed by atoms with Gasteiger partial charge in [-0.1, -0.05) is 38.1 Å². The molecule has 0 amide bonds. The van der Waals surface area contributed by atoms with Gasteiger partial charge < -0.3 is 23.4 Å². The normalized spacial score (nSPS) is 11.0. The van der Waals surface area contributed by atoms with E-state index in [1.54, 1.807) is 18.2 Å². The lowest BCUT2D eigenvalue weighted by Gasteiger charge is -2.13. The molecule has 176 valence electrons. The van der Waals surface area contributed by atoms with Gasteiger partial charge in [-0.15, -0.1) is 0 Å². The Bertz CT molecular complexity index is 1280. The summed E-state index contributed by atoms with van der Waals surface area (Å²) in [5, 5.41) is 0.673. The first-order chi connectivity index (χ1) is 16.4. The Morgan fingerprint density at radius 1 is 0.882 bits per heavy atom. The van der Waals surface area contributed by atoms with Crippen LogP contribution in [0.4, 0.5) is 0 Å². The molecule has 6 heteroatoms. The molecule has 0 aliphatic rings. The largest absolute Gasteiger partial charge is 0.493 e. The fourth-order valence-electron chi connectivity index (χ4n) is 3.81. The molecule has 34 heavy (non-hydrogen) atoms. The summed E-state index contributed by atoms with van der Waals surface area (Å²) < 4.78 is 27.8. The lowest BCUT2D eigenvalue weighted by molar-refractivity contribution is 0.103. The predicted octanol–water partition coefficient (Wildman–Crippen LogP) is 6.39. The summed E-state index contributed by atoms with van der Waals surface area (Å²) in [6, 6.07) is 17.1. The number of carbonyl (C=O) groups excluding carboxylic acids is 1. The Morgan fingerprint density at radius 2 is 1.56 bits per heavy atom. The SMILES string of the molecule is COc1cc(C(=O)c2coc3ccc(OCc4ccc(C(C)C)cc4)cc23)cc(OC)c1OC. The van der Waals surface area contributed by atoms with Gasteiger partial charge in [0.1, 0.15) is 24.2 Å². The van der Waals surface area contributed by atoms with Crippen molar-refractivity contribution in [1.82, 2.24) is 0 Å². The van der Waals surface area contributed by atoms with Crippen molar-refractivity contribution in [3.05, 3.63) is 83.1 Å². The third-order valence-corrected chi connectivity index (χ3v) is 5.77. The topological polar surface area (TPSA) is 67.1 Å². The molecule has 0 atom stereocenters. The standard InChI is InChI=1S/C28H28O6/c1-17(2)19-8-6-18(7-9-19)15-33-21-10-11-24-22(14-21)23(16-34-24)27(29)20-12-25(30-3)28(32-5)26(13-20)31-4/h6-14,16-17H,15H2,1-5H3. The first kappa shape index (κ1) is 23.2. The lowest BCUT2D eigenvalue weighted by atomic mass is 10.0. The second kappa shape index (κ2) is 9.91. The van der Waals surface area contributed by atoms with Gasteiger partial charge in [-0.3, -0.25) is 4.79 Å². The molecule has 1 heterocycles. The maximum Gasteiger partial charge on any atom is 0.203 e. The predicted molar refractivity (Wildman–Crippen MR) is 131 cm³/mol. The van der Waals surface area contributed by atoms with Gasteiger partial charge in [-0.2, -0.15) is 0 Å². The zero-order valence-electron chi connectivity index (χ0n) is 20.0. The van der Waals surface area contributed by atoms with Crippen molar-refractivity contribution in [3.63, 3.8) is 0 Å². The van der Waals surface area contributed by atoms with Gasteiger partial charge in [0.15, 0.2) is 17.3 Å². The van der Waals surface area contributed by atoms with E-state index in [0.29, 0.717) is 57.6 Å². The van der Waals surface area contributed by atoms with Crippen molar-refractivity contribution >= 4 is 16.8 Å². The molecule has 1 aromatic heterocycles. The van der Waals surface area contributed by atoms with Crippen molar-refractivity contribution in [3.8, 4) is 23.0 Å². The van der Waals surface area contributed by atoms with Gasteiger partial charge in [0.2, 0.25) is 5.75 Å². The summed E-state index contributed by atoms with van der Waals surface area (Å²) in [7, 11) is 4.54. The van der Waals surface area contributed by atoms with Gasteiger partial charge in [-0.05, 0) is 47.4 Å². The van der Waals surface area contributed by atoms with Crippen LogP contribution in [0.15, 0.2) is 65.3 Å². The van der Waals surface area contributed by atoms with Gasteiger partial charge in [-0.25, -0.2) is 0 Å². The molecule has 4 rings (SSSR count). The highest BCUT2D eigenvalue weighted by molar-refractivity contribution is 6.16. The molecule has 3 aromatic carbocycles. The van der Waals surface area contributed by atoms with Gasteiger partial charge in [0.05, 0.1) is 26.9 Å². The van der Waals surface area contributed by atoms with Crippen molar-refractivity contribution < 1.29 is 28.2 Å². The van der Waals surface area contributed by atoms with Gasteiger partial charge >= 0.3 is 0 Å². The van der Waals surface area contributed by atoms with E-state index < -0.39 is 0 Å². The molecule has 0 aliphatic carbocycles. The fourth-order valence-corrected chi connectivity index (χ4v) is 3.81. The summed E-state index contributed by atoms with van der Waals surface area (Å²) in [5.41, 5.74) is 3.79. The van der Waals surface area contributed by atoms with Crippen LogP contribution in [0.2, 0.25) is 0 Å². The highest BCUT2D eigenvalue weighted by Crippen LogP contribution is 2.39. The monoisotopic (exact) mass is 460 g/mol. The summed E-state index contributed by atoms with van der Waals surface area (Å²) >= 11 is 0. The van der Waals surface area contributed by atoms with E-state index in [4.69, 9.17) is 23.4 Å². The number of rotatable bonds is 9. The number of hydrogen-bond donors (Lipinski definition) is 0. The van der Waals surface area contributed by atoms with E-state index in [1.165, 1.54) is 33.2 Å². The zero-order valence-corrected chi connectivity index (χ0v) is 20.0. The smallest absolute Gasteiger partial charge is 0.203 e. The molecular formula is C28H28O6. The second-order valence-corrected chi connectivity index (χ2v) is 8.24. The minimum atomic E-state index is -0.223. The molecule has 0 spiro atoms. The molecule has 0 unspecified atom stereocenters. The third kappa shape index (κ3) is 4.57. The Kier molecular flexibility index (Phi) is 6.77. The number of methoxy groups -OCH3 is 3. The number of ether oxygens (including phenoxy) is 4. The van der Waals surface area contributed by atoms with Crippen LogP contribution in [0.5, 0.6) is 23.0 Å². The summed E-state index contributed by atoms with van der Waals surface area (Å²) in [4.78, 5) is 13.4. The number of ketones is 1. The molecule has 0 bridgehead atoms. The zero-order chi connectivity index (χ0) is 24.2. The van der Waals surface area contributed by atoms with Crippen LogP contribution in [0.3, 0.4) is 0 Å². The number of carbonyl (C=O) groups is 1. The minimum absolute atomic E-state index is 0.223. The van der Waals surface area contributed by atoms with Crippen molar-refractivity contribution in [2.75, 3.05) is 21.3 Å². The number of fused-ring (bicyclic) bond motifs is 1. The Balaban J connectivity index is 1.60. The van der Waals surface area contributed by atoms with E-state index in [-0.39, 0.29) is 5.78 Å². The maximum absolute atomic E-state index is 13.4. The quantitative estimate of drug-likeness (QED) is 0.270. The summed E-state index contributed by atoms with van der Waals surface area (Å²) in [6.45, 7) is 4.77. The number of hydrogen-bond acceptors (Lipinski definition) is 6. The first-order valence-corrected chi connectivity index (χ1v) is 11.0. The van der Waals surface area contributed by atoms with Crippen LogP contribution >= 0.6 is 0 Å². The van der Waals surface area contributed by atoms with Crippen LogP contribution in [0, 0.1) is 0 Å². The molecule has 0 saturated carbocycles. The van der Waals surface area contributed by atoms with E-state index in [2.05, 4.69) is 38.1 Å². The average molecular weight is 461 g/mol. The molecule has 0 N–H and O–H groups in total. The van der Waals surface area contributed by atoms with Crippen LogP contribution < -0.4 is 18.9 Å². The van der Waals surface area contributed by atoms with Crippen LogP contribution in [-0.4, -0.2) is 27.1 Å². The Morgan fingerprint density at radius 3 is 2.15 bits per heavy atom. The van der Waals surface area contributed by atoms with E-state index in [9.17, 15) is 4.79 Å². The second-order valence-electron chi connectivity index (χ2n) is 8.24. The lowest BCUT2D eigenvalue weighted by Crippen LogP contribution is -2.04. The van der Waals surface area contributed by atoms with E-state index >= 15 is 0 Å². The maximum atomic E-state index is 13.4. The average Bonchev–Trinajstić information content (AvgIpc) is 3.29. The fraction of sp³-hybridized carbons (Fsp3) is 0.250. The number of furan rings is 1. The number of benzene rings is 3. The van der Waals surface area contributed by atoms with Crippen LogP contribution in [0.1, 0.15) is 46.8 Å². The van der Waals surface area contributed by atoms with Crippen molar-refractivity contribution in [2.24, 2.45) is 0 Å². The molecule has 4 aromatic rings. The van der Waals surface area contributed by atoms with Gasteiger partial charge in [0.25, 0.3) is 0 Å². The van der Waals surface area contributed by atoms with Crippen molar-refractivity contribution in [2.45, 2.75) is 26.4 Å². The molecular weight excluding hydrogens is 432 g/mol. The van der Waals surface area contributed by atoms with Gasteiger partial charge in [0, 0.05) is 10.9 Å². The van der Waals surface area contributed by atoms with Crippen LogP contribution in [-0.2, 0) is 6.61 Å². The Labute approximate surface area is 199 Å². The van der Waals surface area contributed by atoms with E-state index in [0.717, 1.165) is 5.56 Å². The Hall–Kier alpha value is -3.93. The van der Waals surface area contributed by atoms with Crippen LogP contribution in [0.25, 0.3) is 11.0 Å². The molecule has 0 saturated heterocycles. The highest BCUT2D eigenvalue weighted by atomic mass is 16.5.